The lowest BCUT2D eigenvalue weighted by Gasteiger charge is -2.38. The van der Waals surface area contributed by atoms with Crippen LogP contribution in [-0.4, -0.2) is 93.3 Å². The third kappa shape index (κ3) is 7.22. The Bertz CT molecular complexity index is 890. The van der Waals surface area contributed by atoms with Gasteiger partial charge in [0, 0.05) is 52.3 Å². The number of halogens is 1. The number of hydrogen-bond acceptors (Lipinski definition) is 8. The van der Waals surface area contributed by atoms with Crippen molar-refractivity contribution in [3.05, 3.63) is 22.7 Å². The number of piperidine rings is 1. The summed E-state index contributed by atoms with van der Waals surface area (Å²) in [5.74, 6) is -0.0478. The Morgan fingerprint density at radius 3 is 2.65 bits per heavy atom. The van der Waals surface area contributed by atoms with Crippen molar-refractivity contribution in [1.29, 1.82) is 0 Å². The topological polar surface area (TPSA) is 123 Å². The summed E-state index contributed by atoms with van der Waals surface area (Å²) in [6.07, 6.45) is 1.68. The summed E-state index contributed by atoms with van der Waals surface area (Å²) in [6.45, 7) is 5.86. The molecular formula is C23H33ClN4O6. The number of morpholine rings is 1. The highest BCUT2D eigenvalue weighted by atomic mass is 35.5. The van der Waals surface area contributed by atoms with Crippen molar-refractivity contribution in [3.63, 3.8) is 0 Å². The third-order valence-corrected chi connectivity index (χ3v) is 6.49. The van der Waals surface area contributed by atoms with Gasteiger partial charge in [-0.3, -0.25) is 19.3 Å². The number of ether oxygens (including phenoxy) is 3. The molecular weight excluding hydrogens is 464 g/mol. The number of methoxy groups -OCH3 is 1. The maximum atomic E-state index is 12.7. The fourth-order valence-corrected chi connectivity index (χ4v) is 4.44. The predicted octanol–water partition coefficient (Wildman–Crippen LogP) is 1.16. The number of anilines is 1. The number of nitrogens with two attached hydrogens (primary N) is 1. The van der Waals surface area contributed by atoms with Gasteiger partial charge < -0.3 is 30.2 Å². The van der Waals surface area contributed by atoms with Crippen molar-refractivity contribution in [3.8, 4) is 5.75 Å². The van der Waals surface area contributed by atoms with E-state index in [1.807, 2.05) is 0 Å². The number of carbonyl (C=O) groups is 3. The average molecular weight is 497 g/mol. The highest BCUT2D eigenvalue weighted by Gasteiger charge is 2.28. The molecule has 1 unspecified atom stereocenters. The normalized spacial score (nSPS) is 19.5. The summed E-state index contributed by atoms with van der Waals surface area (Å²) in [4.78, 5) is 39.8. The molecule has 3 rings (SSSR count). The van der Waals surface area contributed by atoms with Gasteiger partial charge in [-0.05, 0) is 24.8 Å². The van der Waals surface area contributed by atoms with E-state index in [1.54, 1.807) is 4.90 Å². The molecule has 0 aliphatic carbocycles. The minimum absolute atomic E-state index is 0.127. The molecule has 2 saturated heterocycles. The van der Waals surface area contributed by atoms with Crippen LogP contribution in [0.5, 0.6) is 5.75 Å². The molecule has 2 fully saturated rings. The lowest BCUT2D eigenvalue weighted by atomic mass is 9.95. The molecule has 0 saturated carbocycles. The molecule has 1 aromatic rings. The summed E-state index contributed by atoms with van der Waals surface area (Å²) in [7, 11) is 1.47. The minimum atomic E-state index is -0.447. The van der Waals surface area contributed by atoms with Gasteiger partial charge in [-0.1, -0.05) is 11.6 Å². The van der Waals surface area contributed by atoms with Gasteiger partial charge in [0.05, 0.1) is 36.1 Å². The number of esters is 1. The van der Waals surface area contributed by atoms with Crippen LogP contribution in [0.25, 0.3) is 0 Å². The van der Waals surface area contributed by atoms with E-state index >= 15 is 0 Å². The number of benzene rings is 1. The standard InChI is InChI=1S/C23H33ClN4O6/c1-15(29)34-14-22(30)28-5-3-16(4-6-28)12-27-7-8-33-17(13-27)11-26-23(31)18-9-19(24)20(25)10-21(18)32-2/h9-10,16-17H,3-8,11-14,25H2,1-2H3,(H,26,31). The van der Waals surface area contributed by atoms with E-state index in [2.05, 4.69) is 10.2 Å². The van der Waals surface area contributed by atoms with Crippen LogP contribution in [0.1, 0.15) is 30.1 Å². The number of amides is 2. The lowest BCUT2D eigenvalue weighted by Crippen LogP contribution is -2.50. The zero-order valence-corrected chi connectivity index (χ0v) is 20.4. The fourth-order valence-electron chi connectivity index (χ4n) is 4.27. The van der Waals surface area contributed by atoms with Crippen molar-refractivity contribution in [2.45, 2.75) is 25.9 Å². The lowest BCUT2D eigenvalue weighted by molar-refractivity contribution is -0.150. The summed E-state index contributed by atoms with van der Waals surface area (Å²) in [5, 5.41) is 3.20. The first-order chi connectivity index (χ1) is 16.3. The molecule has 0 aromatic heterocycles. The number of nitrogens with zero attached hydrogens (tertiary/aromatic N) is 2. The Morgan fingerprint density at radius 1 is 1.24 bits per heavy atom. The first-order valence-corrected chi connectivity index (χ1v) is 11.8. The Morgan fingerprint density at radius 2 is 1.97 bits per heavy atom. The van der Waals surface area contributed by atoms with Crippen LogP contribution in [0.3, 0.4) is 0 Å². The maximum absolute atomic E-state index is 12.7. The zero-order chi connectivity index (χ0) is 24.7. The van der Waals surface area contributed by atoms with E-state index in [1.165, 1.54) is 26.2 Å². The predicted molar refractivity (Wildman–Crippen MR) is 127 cm³/mol. The summed E-state index contributed by atoms with van der Waals surface area (Å²) < 4.78 is 15.9. The summed E-state index contributed by atoms with van der Waals surface area (Å²) in [6, 6.07) is 3.04. The van der Waals surface area contributed by atoms with Gasteiger partial charge in [-0.15, -0.1) is 0 Å². The van der Waals surface area contributed by atoms with Gasteiger partial charge in [0.15, 0.2) is 6.61 Å². The molecule has 0 radical (unpaired) electrons. The summed E-state index contributed by atoms with van der Waals surface area (Å²) >= 11 is 6.07. The number of hydrogen-bond donors (Lipinski definition) is 2. The fraction of sp³-hybridized carbons (Fsp3) is 0.609. The molecule has 0 bridgehead atoms. The van der Waals surface area contributed by atoms with Gasteiger partial charge in [0.1, 0.15) is 5.75 Å². The highest BCUT2D eigenvalue weighted by molar-refractivity contribution is 6.33. The van der Waals surface area contributed by atoms with E-state index in [0.717, 1.165) is 25.9 Å². The van der Waals surface area contributed by atoms with E-state index in [0.29, 0.717) is 60.7 Å². The molecule has 34 heavy (non-hydrogen) atoms. The van der Waals surface area contributed by atoms with Gasteiger partial charge in [0.2, 0.25) is 0 Å². The van der Waals surface area contributed by atoms with Crippen LogP contribution in [0, 0.1) is 5.92 Å². The first kappa shape index (κ1) is 26.1. The largest absolute Gasteiger partial charge is 0.496 e. The van der Waals surface area contributed by atoms with Gasteiger partial charge in [-0.2, -0.15) is 0 Å². The molecule has 2 aliphatic heterocycles. The Balaban J connectivity index is 1.43. The average Bonchev–Trinajstić information content (AvgIpc) is 2.83. The van der Waals surface area contributed by atoms with Gasteiger partial charge in [0.25, 0.3) is 11.8 Å². The molecule has 11 heteroatoms. The molecule has 1 aromatic carbocycles. The van der Waals surface area contributed by atoms with E-state index < -0.39 is 5.97 Å². The van der Waals surface area contributed by atoms with Gasteiger partial charge in [-0.25, -0.2) is 0 Å². The smallest absolute Gasteiger partial charge is 0.303 e. The second kappa shape index (κ2) is 12.2. The molecule has 2 aliphatic rings. The van der Waals surface area contributed by atoms with Crippen molar-refractivity contribution in [2.24, 2.45) is 5.92 Å². The second-order valence-electron chi connectivity index (χ2n) is 8.64. The molecule has 0 spiro atoms. The number of nitrogen functional groups attached to an aromatic ring is 1. The second-order valence-corrected chi connectivity index (χ2v) is 9.05. The first-order valence-electron chi connectivity index (χ1n) is 11.4. The van der Waals surface area contributed by atoms with Crippen molar-refractivity contribution in [2.75, 3.05) is 65.3 Å². The third-order valence-electron chi connectivity index (χ3n) is 6.16. The minimum Gasteiger partial charge on any atom is -0.496 e. The zero-order valence-electron chi connectivity index (χ0n) is 19.7. The molecule has 2 amide bonds. The summed E-state index contributed by atoms with van der Waals surface area (Å²) in [5.41, 5.74) is 6.46. The van der Waals surface area contributed by atoms with Crippen molar-refractivity contribution in [1.82, 2.24) is 15.1 Å². The quantitative estimate of drug-likeness (QED) is 0.406. The molecule has 3 N–H and O–H groups in total. The van der Waals surface area contributed by atoms with Crippen molar-refractivity contribution < 1.29 is 28.6 Å². The molecule has 2 heterocycles. The Kier molecular flexibility index (Phi) is 9.37. The van der Waals surface area contributed by atoms with E-state index in [9.17, 15) is 14.4 Å². The van der Waals surface area contributed by atoms with E-state index in [-0.39, 0.29) is 24.5 Å². The van der Waals surface area contributed by atoms with Gasteiger partial charge >= 0.3 is 5.97 Å². The number of nitrogens with one attached hydrogen (secondary N) is 1. The van der Waals surface area contributed by atoms with Crippen LogP contribution in [0.4, 0.5) is 5.69 Å². The molecule has 10 nitrogen and oxygen atoms in total. The van der Waals surface area contributed by atoms with Crippen molar-refractivity contribution >= 4 is 35.1 Å². The number of likely N-dealkylation sites (tertiary alicyclic amines) is 1. The maximum Gasteiger partial charge on any atom is 0.303 e. The highest BCUT2D eigenvalue weighted by Crippen LogP contribution is 2.28. The molecule has 1 atom stereocenters. The van der Waals surface area contributed by atoms with E-state index in [4.69, 9.17) is 31.5 Å². The van der Waals surface area contributed by atoms with Crippen LogP contribution in [0.15, 0.2) is 12.1 Å². The van der Waals surface area contributed by atoms with Crippen LogP contribution in [-0.2, 0) is 19.1 Å². The molecule has 188 valence electrons. The SMILES string of the molecule is COc1cc(N)c(Cl)cc1C(=O)NCC1CN(CC2CCN(C(=O)COC(C)=O)CC2)CCO1. The Labute approximate surface area is 204 Å². The van der Waals surface area contributed by atoms with Crippen LogP contribution < -0.4 is 15.8 Å². The van der Waals surface area contributed by atoms with Crippen LogP contribution in [0.2, 0.25) is 5.02 Å². The number of carbonyl (C=O) groups excluding carboxylic acids is 3. The Hall–Kier alpha value is -2.56. The monoisotopic (exact) mass is 496 g/mol. The number of rotatable bonds is 8. The van der Waals surface area contributed by atoms with Crippen LogP contribution >= 0.6 is 11.6 Å².